The van der Waals surface area contributed by atoms with Gasteiger partial charge in [-0.3, -0.25) is 0 Å². The number of nitrogens with zero attached hydrogens (tertiary/aromatic N) is 1. The third-order valence-electron chi connectivity index (χ3n) is 3.40. The van der Waals surface area contributed by atoms with Crippen molar-refractivity contribution in [3.8, 4) is 6.07 Å². The maximum atomic E-state index is 9.21. The molecule has 2 rings (SSSR count). The van der Waals surface area contributed by atoms with Gasteiger partial charge in [0.1, 0.15) is 0 Å². The number of para-hydroxylation sites is 1. The van der Waals surface area contributed by atoms with Crippen molar-refractivity contribution >= 4 is 17.3 Å². The summed E-state index contributed by atoms with van der Waals surface area (Å²) >= 11 is 6.13. The van der Waals surface area contributed by atoms with Crippen LogP contribution in [0.2, 0.25) is 5.02 Å². The van der Waals surface area contributed by atoms with E-state index in [9.17, 15) is 5.26 Å². The molecule has 1 fully saturated rings. The molecule has 1 aromatic rings. The van der Waals surface area contributed by atoms with Gasteiger partial charge in [0.15, 0.2) is 0 Å². The first-order valence-electron chi connectivity index (χ1n) is 6.22. The molecule has 0 aliphatic heterocycles. The van der Waals surface area contributed by atoms with E-state index in [1.54, 1.807) is 0 Å². The normalized spacial score (nSPS) is 24.7. The van der Waals surface area contributed by atoms with E-state index < -0.39 is 0 Å². The van der Waals surface area contributed by atoms with Crippen LogP contribution in [0.3, 0.4) is 0 Å². The third-order valence-corrected chi connectivity index (χ3v) is 3.73. The van der Waals surface area contributed by atoms with Gasteiger partial charge < -0.3 is 5.32 Å². The zero-order valence-corrected chi connectivity index (χ0v) is 10.6. The summed E-state index contributed by atoms with van der Waals surface area (Å²) in [7, 11) is 0. The van der Waals surface area contributed by atoms with Crippen molar-refractivity contribution in [2.75, 3.05) is 5.32 Å². The van der Waals surface area contributed by atoms with Crippen molar-refractivity contribution in [1.82, 2.24) is 0 Å². The Morgan fingerprint density at radius 3 is 2.71 bits per heavy atom. The van der Waals surface area contributed by atoms with Crippen molar-refractivity contribution in [3.05, 3.63) is 29.3 Å². The van der Waals surface area contributed by atoms with Gasteiger partial charge in [-0.2, -0.15) is 5.26 Å². The van der Waals surface area contributed by atoms with Gasteiger partial charge in [0.2, 0.25) is 0 Å². The zero-order chi connectivity index (χ0) is 12.1. The fourth-order valence-corrected chi connectivity index (χ4v) is 2.60. The fourth-order valence-electron chi connectivity index (χ4n) is 2.41. The maximum absolute atomic E-state index is 9.21. The van der Waals surface area contributed by atoms with Crippen LogP contribution in [-0.4, -0.2) is 6.04 Å². The second-order valence-electron chi connectivity index (χ2n) is 4.60. The summed E-state index contributed by atoms with van der Waals surface area (Å²) in [4.78, 5) is 0. The summed E-state index contributed by atoms with van der Waals surface area (Å²) < 4.78 is 0. The summed E-state index contributed by atoms with van der Waals surface area (Å²) in [5, 5.41) is 13.4. The topological polar surface area (TPSA) is 35.8 Å². The van der Waals surface area contributed by atoms with Crippen LogP contribution in [0.15, 0.2) is 24.3 Å². The lowest BCUT2D eigenvalue weighted by Gasteiger charge is -2.22. The van der Waals surface area contributed by atoms with Crippen molar-refractivity contribution in [3.63, 3.8) is 0 Å². The van der Waals surface area contributed by atoms with Gasteiger partial charge in [-0.25, -0.2) is 0 Å². The molecule has 2 nitrogen and oxygen atoms in total. The summed E-state index contributed by atoms with van der Waals surface area (Å²) in [6.07, 6.45) is 5.65. The van der Waals surface area contributed by atoms with Gasteiger partial charge in [0.25, 0.3) is 0 Å². The lowest BCUT2D eigenvalue weighted by Crippen LogP contribution is -2.27. The van der Waals surface area contributed by atoms with Gasteiger partial charge in [-0.1, -0.05) is 43.0 Å². The molecule has 1 N–H and O–H groups in total. The highest BCUT2D eigenvalue weighted by atomic mass is 35.5. The minimum atomic E-state index is 0.105. The highest BCUT2D eigenvalue weighted by Crippen LogP contribution is 2.28. The Balaban J connectivity index is 2.10. The average Bonchev–Trinajstić information content (AvgIpc) is 2.57. The first kappa shape index (κ1) is 12.3. The van der Waals surface area contributed by atoms with Gasteiger partial charge in [-0.05, 0) is 25.0 Å². The van der Waals surface area contributed by atoms with E-state index in [1.807, 2.05) is 24.3 Å². The van der Waals surface area contributed by atoms with E-state index in [-0.39, 0.29) is 12.0 Å². The van der Waals surface area contributed by atoms with E-state index in [0.29, 0.717) is 0 Å². The Kier molecular flexibility index (Phi) is 4.28. The van der Waals surface area contributed by atoms with Gasteiger partial charge in [0.05, 0.1) is 22.7 Å². The molecule has 0 bridgehead atoms. The number of nitriles is 1. The highest BCUT2D eigenvalue weighted by Gasteiger charge is 2.23. The Morgan fingerprint density at radius 1 is 1.18 bits per heavy atom. The number of nitrogens with one attached hydrogen (secondary N) is 1. The van der Waals surface area contributed by atoms with Crippen molar-refractivity contribution in [2.24, 2.45) is 5.92 Å². The molecular formula is C14H17ClN2. The van der Waals surface area contributed by atoms with Crippen LogP contribution < -0.4 is 5.32 Å². The average molecular weight is 249 g/mol. The van der Waals surface area contributed by atoms with Crippen molar-refractivity contribution < 1.29 is 0 Å². The van der Waals surface area contributed by atoms with E-state index in [2.05, 4.69) is 11.4 Å². The third kappa shape index (κ3) is 3.14. The maximum Gasteiger partial charge on any atom is 0.0677 e. The van der Waals surface area contributed by atoms with Gasteiger partial charge >= 0.3 is 0 Å². The summed E-state index contributed by atoms with van der Waals surface area (Å²) in [6, 6.07) is 10.4. The standard InChI is InChI=1S/C14H17ClN2/c15-12-7-4-5-9-14(12)17-13-8-3-1-2-6-11(13)10-16/h4-5,7,9,11,13,17H,1-3,6,8H2. The molecule has 0 saturated heterocycles. The minimum Gasteiger partial charge on any atom is -0.380 e. The fraction of sp³-hybridized carbons (Fsp3) is 0.500. The van der Waals surface area contributed by atoms with E-state index in [0.717, 1.165) is 23.6 Å². The Bertz CT molecular complexity index is 411. The molecule has 1 aliphatic carbocycles. The molecular weight excluding hydrogens is 232 g/mol. The molecule has 0 spiro atoms. The van der Waals surface area contributed by atoms with Crippen molar-refractivity contribution in [2.45, 2.75) is 38.1 Å². The molecule has 0 aromatic heterocycles. The van der Waals surface area contributed by atoms with Gasteiger partial charge in [0, 0.05) is 6.04 Å². The quantitative estimate of drug-likeness (QED) is 0.796. The first-order chi connectivity index (χ1) is 8.31. The molecule has 90 valence electrons. The molecule has 17 heavy (non-hydrogen) atoms. The Labute approximate surface area is 108 Å². The van der Waals surface area contributed by atoms with E-state index in [1.165, 1.54) is 19.3 Å². The predicted octanol–water partition coefficient (Wildman–Crippen LogP) is 4.22. The second kappa shape index (κ2) is 5.93. The number of anilines is 1. The summed E-state index contributed by atoms with van der Waals surface area (Å²) in [5.74, 6) is 0.105. The van der Waals surface area contributed by atoms with Gasteiger partial charge in [-0.15, -0.1) is 0 Å². The van der Waals surface area contributed by atoms with Crippen LogP contribution in [0.25, 0.3) is 0 Å². The highest BCUT2D eigenvalue weighted by molar-refractivity contribution is 6.33. The summed E-state index contributed by atoms with van der Waals surface area (Å²) in [5.41, 5.74) is 0.946. The molecule has 0 heterocycles. The molecule has 0 amide bonds. The Morgan fingerprint density at radius 2 is 1.94 bits per heavy atom. The monoisotopic (exact) mass is 248 g/mol. The smallest absolute Gasteiger partial charge is 0.0677 e. The van der Waals surface area contributed by atoms with Crippen LogP contribution in [0.5, 0.6) is 0 Å². The van der Waals surface area contributed by atoms with Crippen LogP contribution in [0.4, 0.5) is 5.69 Å². The van der Waals surface area contributed by atoms with E-state index in [4.69, 9.17) is 11.6 Å². The largest absolute Gasteiger partial charge is 0.380 e. The predicted molar refractivity (Wildman–Crippen MR) is 71.1 cm³/mol. The van der Waals surface area contributed by atoms with Crippen molar-refractivity contribution in [1.29, 1.82) is 5.26 Å². The number of rotatable bonds is 2. The summed E-state index contributed by atoms with van der Waals surface area (Å²) in [6.45, 7) is 0. The molecule has 2 unspecified atom stereocenters. The van der Waals surface area contributed by atoms with E-state index >= 15 is 0 Å². The van der Waals surface area contributed by atoms with Crippen LogP contribution >= 0.6 is 11.6 Å². The lowest BCUT2D eigenvalue weighted by atomic mass is 9.96. The SMILES string of the molecule is N#CC1CCCCCC1Nc1ccccc1Cl. The molecule has 0 radical (unpaired) electrons. The van der Waals surface area contributed by atoms with Crippen LogP contribution in [0, 0.1) is 17.2 Å². The molecule has 2 atom stereocenters. The number of hydrogen-bond acceptors (Lipinski definition) is 2. The lowest BCUT2D eigenvalue weighted by molar-refractivity contribution is 0.514. The molecule has 1 saturated carbocycles. The molecule has 1 aliphatic rings. The second-order valence-corrected chi connectivity index (χ2v) is 5.01. The van der Waals surface area contributed by atoms with Crippen LogP contribution in [-0.2, 0) is 0 Å². The molecule has 1 aromatic carbocycles. The first-order valence-corrected chi connectivity index (χ1v) is 6.60. The molecule has 3 heteroatoms. The number of benzene rings is 1. The van der Waals surface area contributed by atoms with Crippen LogP contribution in [0.1, 0.15) is 32.1 Å². The zero-order valence-electron chi connectivity index (χ0n) is 9.82. The number of halogens is 1. The Hall–Kier alpha value is -1.20. The number of hydrogen-bond donors (Lipinski definition) is 1. The minimum absolute atomic E-state index is 0.105.